The molecule has 2 amide bonds. The fraction of sp³-hybridized carbons (Fsp3) is 0.176. The zero-order valence-corrected chi connectivity index (χ0v) is 11.8. The van der Waals surface area contributed by atoms with Crippen molar-refractivity contribution in [1.82, 2.24) is 0 Å². The molecule has 1 aliphatic heterocycles. The number of hydrogen-bond donors (Lipinski definition) is 0. The summed E-state index contributed by atoms with van der Waals surface area (Å²) in [5, 5.41) is 0. The SMILES string of the molecule is CN1C(=O)CCN(c2ccccc2)C(=O)c2ccccc21. The van der Waals surface area contributed by atoms with Crippen molar-refractivity contribution in [2.24, 2.45) is 0 Å². The molecular formula is C17H16N2O2. The van der Waals surface area contributed by atoms with Gasteiger partial charge in [-0.1, -0.05) is 30.3 Å². The number of nitrogens with zero attached hydrogens (tertiary/aromatic N) is 2. The molecule has 0 saturated carbocycles. The largest absolute Gasteiger partial charge is 0.315 e. The fourth-order valence-electron chi connectivity index (χ4n) is 2.56. The molecule has 0 aromatic heterocycles. The number of fused-ring (bicyclic) bond motifs is 1. The average molecular weight is 280 g/mol. The van der Waals surface area contributed by atoms with Gasteiger partial charge < -0.3 is 9.80 Å². The molecule has 4 heteroatoms. The number of carbonyl (C=O) groups excluding carboxylic acids is 2. The molecule has 2 aromatic carbocycles. The molecule has 1 aliphatic rings. The van der Waals surface area contributed by atoms with E-state index in [1.54, 1.807) is 29.0 Å². The number of hydrogen-bond acceptors (Lipinski definition) is 2. The van der Waals surface area contributed by atoms with Crippen LogP contribution in [0.3, 0.4) is 0 Å². The lowest BCUT2D eigenvalue weighted by Gasteiger charge is -2.29. The summed E-state index contributed by atoms with van der Waals surface area (Å²) in [6.07, 6.45) is 0.311. The molecule has 0 fully saturated rings. The van der Waals surface area contributed by atoms with E-state index in [0.717, 1.165) is 5.69 Å². The molecule has 4 nitrogen and oxygen atoms in total. The van der Waals surface area contributed by atoms with E-state index in [9.17, 15) is 9.59 Å². The molecule has 0 bridgehead atoms. The topological polar surface area (TPSA) is 40.6 Å². The molecule has 0 spiro atoms. The quantitative estimate of drug-likeness (QED) is 0.806. The third kappa shape index (κ3) is 2.40. The first-order chi connectivity index (χ1) is 10.2. The van der Waals surface area contributed by atoms with E-state index >= 15 is 0 Å². The van der Waals surface area contributed by atoms with Crippen LogP contribution in [0, 0.1) is 0 Å². The predicted molar refractivity (Wildman–Crippen MR) is 82.6 cm³/mol. The zero-order chi connectivity index (χ0) is 14.8. The van der Waals surface area contributed by atoms with Crippen molar-refractivity contribution in [2.45, 2.75) is 6.42 Å². The van der Waals surface area contributed by atoms with Gasteiger partial charge in [-0.3, -0.25) is 9.59 Å². The molecule has 1 heterocycles. The summed E-state index contributed by atoms with van der Waals surface area (Å²) in [5.41, 5.74) is 2.03. The molecule has 0 saturated heterocycles. The van der Waals surface area contributed by atoms with Crippen LogP contribution < -0.4 is 9.80 Å². The maximum atomic E-state index is 12.8. The highest BCUT2D eigenvalue weighted by Gasteiger charge is 2.27. The van der Waals surface area contributed by atoms with E-state index in [-0.39, 0.29) is 11.8 Å². The number of rotatable bonds is 1. The average Bonchev–Trinajstić information content (AvgIpc) is 2.54. The molecule has 2 aromatic rings. The van der Waals surface area contributed by atoms with Crippen LogP contribution in [0.2, 0.25) is 0 Å². The van der Waals surface area contributed by atoms with E-state index in [4.69, 9.17) is 0 Å². The van der Waals surface area contributed by atoms with E-state index in [0.29, 0.717) is 24.2 Å². The number of carbonyl (C=O) groups is 2. The minimum Gasteiger partial charge on any atom is -0.315 e. The molecule has 106 valence electrons. The van der Waals surface area contributed by atoms with Crippen LogP contribution in [-0.2, 0) is 4.79 Å². The van der Waals surface area contributed by atoms with E-state index < -0.39 is 0 Å². The lowest BCUT2D eigenvalue weighted by atomic mass is 10.1. The first-order valence-electron chi connectivity index (χ1n) is 6.91. The van der Waals surface area contributed by atoms with Gasteiger partial charge in [0.15, 0.2) is 0 Å². The smallest absolute Gasteiger partial charge is 0.260 e. The second-order valence-corrected chi connectivity index (χ2v) is 5.01. The number of anilines is 2. The van der Waals surface area contributed by atoms with Gasteiger partial charge in [0.25, 0.3) is 5.91 Å². The van der Waals surface area contributed by atoms with Crippen molar-refractivity contribution in [2.75, 3.05) is 23.4 Å². The van der Waals surface area contributed by atoms with E-state index in [1.165, 1.54) is 0 Å². The van der Waals surface area contributed by atoms with Crippen molar-refractivity contribution in [3.05, 3.63) is 60.2 Å². The van der Waals surface area contributed by atoms with Gasteiger partial charge in [0.1, 0.15) is 0 Å². The first kappa shape index (κ1) is 13.4. The number of amides is 2. The van der Waals surface area contributed by atoms with Gasteiger partial charge in [-0.15, -0.1) is 0 Å². The van der Waals surface area contributed by atoms with E-state index in [2.05, 4.69) is 0 Å². The van der Waals surface area contributed by atoms with Gasteiger partial charge in [0.05, 0.1) is 11.3 Å². The highest BCUT2D eigenvalue weighted by Crippen LogP contribution is 2.26. The molecule has 21 heavy (non-hydrogen) atoms. The summed E-state index contributed by atoms with van der Waals surface area (Å²) in [7, 11) is 1.71. The highest BCUT2D eigenvalue weighted by molar-refractivity contribution is 6.13. The van der Waals surface area contributed by atoms with Crippen LogP contribution in [0.5, 0.6) is 0 Å². The summed E-state index contributed by atoms with van der Waals surface area (Å²) in [6, 6.07) is 16.7. The summed E-state index contributed by atoms with van der Waals surface area (Å²) < 4.78 is 0. The lowest BCUT2D eigenvalue weighted by Crippen LogP contribution is -2.40. The Morgan fingerprint density at radius 3 is 2.33 bits per heavy atom. The molecule has 0 radical (unpaired) electrons. The van der Waals surface area contributed by atoms with Crippen LogP contribution in [0.4, 0.5) is 11.4 Å². The highest BCUT2D eigenvalue weighted by atomic mass is 16.2. The van der Waals surface area contributed by atoms with Crippen molar-refractivity contribution >= 4 is 23.2 Å². The monoisotopic (exact) mass is 280 g/mol. The minimum atomic E-state index is -0.0730. The van der Waals surface area contributed by atoms with Gasteiger partial charge in [0.2, 0.25) is 5.91 Å². The van der Waals surface area contributed by atoms with Gasteiger partial charge in [-0.2, -0.15) is 0 Å². The second-order valence-electron chi connectivity index (χ2n) is 5.01. The van der Waals surface area contributed by atoms with Crippen molar-refractivity contribution in [1.29, 1.82) is 0 Å². The molecule has 0 aliphatic carbocycles. The van der Waals surface area contributed by atoms with Crippen LogP contribution >= 0.6 is 0 Å². The summed E-state index contributed by atoms with van der Waals surface area (Å²) in [5.74, 6) is -0.0629. The predicted octanol–water partition coefficient (Wildman–Crippen LogP) is 2.70. The maximum Gasteiger partial charge on any atom is 0.260 e. The lowest BCUT2D eigenvalue weighted by molar-refractivity contribution is -0.118. The van der Waals surface area contributed by atoms with Crippen molar-refractivity contribution in [3.63, 3.8) is 0 Å². The third-order valence-corrected chi connectivity index (χ3v) is 3.73. The standard InChI is InChI=1S/C17H16N2O2/c1-18-15-10-6-5-9-14(15)17(21)19(12-11-16(18)20)13-7-3-2-4-8-13/h2-10H,11-12H2,1H3. The Hall–Kier alpha value is -2.62. The van der Waals surface area contributed by atoms with Crippen LogP contribution in [0.15, 0.2) is 54.6 Å². The Kier molecular flexibility index (Phi) is 3.44. The third-order valence-electron chi connectivity index (χ3n) is 3.73. The van der Waals surface area contributed by atoms with Gasteiger partial charge in [-0.05, 0) is 24.3 Å². The van der Waals surface area contributed by atoms with Crippen molar-refractivity contribution < 1.29 is 9.59 Å². The van der Waals surface area contributed by atoms with Gasteiger partial charge >= 0.3 is 0 Å². The first-order valence-corrected chi connectivity index (χ1v) is 6.91. The summed E-state index contributed by atoms with van der Waals surface area (Å²) in [4.78, 5) is 28.3. The Balaban J connectivity index is 2.10. The Bertz CT molecular complexity index is 682. The Morgan fingerprint density at radius 1 is 0.905 bits per heavy atom. The van der Waals surface area contributed by atoms with Crippen molar-refractivity contribution in [3.8, 4) is 0 Å². The fourth-order valence-corrected chi connectivity index (χ4v) is 2.56. The maximum absolute atomic E-state index is 12.8. The van der Waals surface area contributed by atoms with Gasteiger partial charge in [0, 0.05) is 25.7 Å². The second kappa shape index (κ2) is 5.40. The molecule has 0 unspecified atom stereocenters. The molecule has 0 N–H and O–H groups in total. The van der Waals surface area contributed by atoms with Crippen LogP contribution in [-0.4, -0.2) is 25.4 Å². The minimum absolute atomic E-state index is 0.0101. The number of benzene rings is 2. The van der Waals surface area contributed by atoms with Crippen LogP contribution in [0.25, 0.3) is 0 Å². The molecule has 0 atom stereocenters. The van der Waals surface area contributed by atoms with Crippen LogP contribution in [0.1, 0.15) is 16.8 Å². The van der Waals surface area contributed by atoms with Gasteiger partial charge in [-0.25, -0.2) is 0 Å². The molecular weight excluding hydrogens is 264 g/mol. The number of para-hydroxylation sites is 2. The summed E-state index contributed by atoms with van der Waals surface area (Å²) >= 11 is 0. The Morgan fingerprint density at radius 2 is 1.57 bits per heavy atom. The normalized spacial score (nSPS) is 15.5. The Labute approximate surface area is 123 Å². The van der Waals surface area contributed by atoms with E-state index in [1.807, 2.05) is 42.5 Å². The zero-order valence-electron chi connectivity index (χ0n) is 11.8. The molecule has 3 rings (SSSR count). The summed E-state index contributed by atoms with van der Waals surface area (Å²) in [6.45, 7) is 0.389.